The maximum Gasteiger partial charge on any atom is 0.230 e. The number of benzene rings is 2. The summed E-state index contributed by atoms with van der Waals surface area (Å²) in [5.41, 5.74) is 2.64. The van der Waals surface area contributed by atoms with Gasteiger partial charge in [0.25, 0.3) is 0 Å². The molecule has 1 amide bonds. The van der Waals surface area contributed by atoms with E-state index in [1.807, 2.05) is 43.3 Å². The first-order chi connectivity index (χ1) is 11.0. The SMILES string of the molecule is CN(C)c1ccc(CNC(=O)C2(c3ccc(F)cc3)CC2)cc1. The molecule has 2 aromatic rings. The number of hydrogen-bond donors (Lipinski definition) is 1. The van der Waals surface area contributed by atoms with Gasteiger partial charge in [0.15, 0.2) is 0 Å². The van der Waals surface area contributed by atoms with Gasteiger partial charge >= 0.3 is 0 Å². The van der Waals surface area contributed by atoms with Crippen LogP contribution in [0.5, 0.6) is 0 Å². The summed E-state index contributed by atoms with van der Waals surface area (Å²) in [6, 6.07) is 14.4. The molecule has 0 aliphatic heterocycles. The van der Waals surface area contributed by atoms with E-state index in [0.29, 0.717) is 6.54 Å². The summed E-state index contributed by atoms with van der Waals surface area (Å²) < 4.78 is 13.1. The Labute approximate surface area is 136 Å². The molecule has 0 atom stereocenters. The van der Waals surface area contributed by atoms with Crippen LogP contribution in [0.15, 0.2) is 48.5 Å². The molecule has 1 aliphatic carbocycles. The van der Waals surface area contributed by atoms with Crippen LogP contribution in [-0.4, -0.2) is 20.0 Å². The van der Waals surface area contributed by atoms with Crippen molar-refractivity contribution in [3.05, 3.63) is 65.5 Å². The van der Waals surface area contributed by atoms with Crippen LogP contribution in [0, 0.1) is 5.82 Å². The van der Waals surface area contributed by atoms with Crippen molar-refractivity contribution in [3.63, 3.8) is 0 Å². The first kappa shape index (κ1) is 15.5. The van der Waals surface area contributed by atoms with E-state index in [9.17, 15) is 9.18 Å². The van der Waals surface area contributed by atoms with Gasteiger partial charge in [-0.25, -0.2) is 4.39 Å². The molecule has 2 aromatic carbocycles. The Morgan fingerprint density at radius 3 is 2.22 bits per heavy atom. The van der Waals surface area contributed by atoms with E-state index < -0.39 is 5.41 Å². The Morgan fingerprint density at radius 2 is 1.70 bits per heavy atom. The lowest BCUT2D eigenvalue weighted by molar-refractivity contribution is -0.123. The highest BCUT2D eigenvalue weighted by Crippen LogP contribution is 2.48. The number of nitrogens with zero attached hydrogens (tertiary/aromatic N) is 1. The fourth-order valence-electron chi connectivity index (χ4n) is 2.80. The number of halogens is 1. The van der Waals surface area contributed by atoms with E-state index in [1.165, 1.54) is 12.1 Å². The summed E-state index contributed by atoms with van der Waals surface area (Å²) in [5.74, 6) is -0.244. The molecular formula is C19H21FN2O. The number of amides is 1. The molecule has 4 heteroatoms. The summed E-state index contributed by atoms with van der Waals surface area (Å²) in [6.07, 6.45) is 1.65. The highest BCUT2D eigenvalue weighted by molar-refractivity contribution is 5.91. The lowest BCUT2D eigenvalue weighted by Gasteiger charge is -2.16. The van der Waals surface area contributed by atoms with Gasteiger partial charge in [-0.2, -0.15) is 0 Å². The molecule has 1 N–H and O–H groups in total. The third kappa shape index (κ3) is 3.21. The maximum absolute atomic E-state index is 13.1. The Hall–Kier alpha value is -2.36. The van der Waals surface area contributed by atoms with E-state index in [1.54, 1.807) is 12.1 Å². The van der Waals surface area contributed by atoms with Crippen molar-refractivity contribution in [2.45, 2.75) is 24.8 Å². The van der Waals surface area contributed by atoms with E-state index in [2.05, 4.69) is 5.32 Å². The molecule has 23 heavy (non-hydrogen) atoms. The van der Waals surface area contributed by atoms with Crippen molar-refractivity contribution in [2.24, 2.45) is 0 Å². The van der Waals surface area contributed by atoms with Gasteiger partial charge in [0.2, 0.25) is 5.91 Å². The molecule has 1 fully saturated rings. The van der Waals surface area contributed by atoms with Crippen molar-refractivity contribution < 1.29 is 9.18 Å². The van der Waals surface area contributed by atoms with Crippen molar-refractivity contribution in [1.29, 1.82) is 0 Å². The minimum absolute atomic E-state index is 0.0285. The normalized spacial score (nSPS) is 15.1. The summed E-state index contributed by atoms with van der Waals surface area (Å²) in [7, 11) is 3.99. The summed E-state index contributed by atoms with van der Waals surface area (Å²) in [6.45, 7) is 0.509. The summed E-state index contributed by atoms with van der Waals surface area (Å²) in [5, 5.41) is 3.02. The third-order valence-electron chi connectivity index (χ3n) is 4.49. The van der Waals surface area contributed by atoms with Gasteiger partial charge < -0.3 is 10.2 Å². The molecule has 0 radical (unpaired) electrons. The molecular weight excluding hydrogens is 291 g/mol. The highest BCUT2D eigenvalue weighted by atomic mass is 19.1. The van der Waals surface area contributed by atoms with Crippen molar-refractivity contribution in [2.75, 3.05) is 19.0 Å². The van der Waals surface area contributed by atoms with Crippen LogP contribution < -0.4 is 10.2 Å². The molecule has 1 aliphatic rings. The molecule has 0 bridgehead atoms. The van der Waals surface area contributed by atoms with Crippen LogP contribution in [0.2, 0.25) is 0 Å². The molecule has 3 rings (SSSR count). The van der Waals surface area contributed by atoms with Gasteiger partial charge in [-0.1, -0.05) is 24.3 Å². The minimum atomic E-state index is -0.461. The van der Waals surface area contributed by atoms with Crippen LogP contribution in [0.4, 0.5) is 10.1 Å². The molecule has 0 unspecified atom stereocenters. The molecule has 0 heterocycles. The van der Waals surface area contributed by atoms with Gasteiger partial charge in [0.1, 0.15) is 5.82 Å². The van der Waals surface area contributed by atoms with Crippen LogP contribution in [0.3, 0.4) is 0 Å². The molecule has 1 saturated carbocycles. The average molecular weight is 312 g/mol. The lowest BCUT2D eigenvalue weighted by Crippen LogP contribution is -2.34. The van der Waals surface area contributed by atoms with Crippen molar-refractivity contribution in [3.8, 4) is 0 Å². The van der Waals surface area contributed by atoms with Gasteiger partial charge in [0.05, 0.1) is 5.41 Å². The Balaban J connectivity index is 1.64. The first-order valence-corrected chi connectivity index (χ1v) is 7.82. The second-order valence-corrected chi connectivity index (χ2v) is 6.33. The molecule has 0 saturated heterocycles. The minimum Gasteiger partial charge on any atom is -0.378 e. The smallest absolute Gasteiger partial charge is 0.230 e. The van der Waals surface area contributed by atoms with E-state index in [-0.39, 0.29) is 11.7 Å². The largest absolute Gasteiger partial charge is 0.378 e. The van der Waals surface area contributed by atoms with Gasteiger partial charge in [-0.15, -0.1) is 0 Å². The number of carbonyl (C=O) groups excluding carboxylic acids is 1. The second kappa shape index (κ2) is 6.03. The number of nitrogens with one attached hydrogen (secondary N) is 1. The fourth-order valence-corrected chi connectivity index (χ4v) is 2.80. The van der Waals surface area contributed by atoms with Gasteiger partial charge in [-0.05, 0) is 48.2 Å². The van der Waals surface area contributed by atoms with E-state index >= 15 is 0 Å². The Kier molecular flexibility index (Phi) is 4.07. The maximum atomic E-state index is 13.1. The van der Waals surface area contributed by atoms with Gasteiger partial charge in [-0.3, -0.25) is 4.79 Å². The highest BCUT2D eigenvalue weighted by Gasteiger charge is 2.51. The first-order valence-electron chi connectivity index (χ1n) is 7.82. The quantitative estimate of drug-likeness (QED) is 0.919. The average Bonchev–Trinajstić information content (AvgIpc) is 3.35. The zero-order valence-corrected chi connectivity index (χ0v) is 13.5. The third-order valence-corrected chi connectivity index (χ3v) is 4.49. The molecule has 0 spiro atoms. The van der Waals surface area contributed by atoms with Crippen LogP contribution >= 0.6 is 0 Å². The predicted octanol–water partition coefficient (Wildman–Crippen LogP) is 3.24. The standard InChI is InChI=1S/C19H21FN2O/c1-22(2)17-9-3-14(4-10-17)13-21-18(23)19(11-12-19)15-5-7-16(20)8-6-15/h3-10H,11-13H2,1-2H3,(H,21,23). The Bertz CT molecular complexity index is 688. The predicted molar refractivity (Wildman–Crippen MR) is 89.9 cm³/mol. The van der Waals surface area contributed by atoms with Crippen LogP contribution in [0.1, 0.15) is 24.0 Å². The van der Waals surface area contributed by atoms with Crippen molar-refractivity contribution >= 4 is 11.6 Å². The summed E-state index contributed by atoms with van der Waals surface area (Å²) in [4.78, 5) is 14.6. The number of anilines is 1. The number of hydrogen-bond acceptors (Lipinski definition) is 2. The Morgan fingerprint density at radius 1 is 1.09 bits per heavy atom. The van der Waals surface area contributed by atoms with Crippen LogP contribution in [-0.2, 0) is 16.8 Å². The van der Waals surface area contributed by atoms with E-state index in [4.69, 9.17) is 0 Å². The van der Waals surface area contributed by atoms with Crippen LogP contribution in [0.25, 0.3) is 0 Å². The van der Waals surface area contributed by atoms with Crippen molar-refractivity contribution in [1.82, 2.24) is 5.32 Å². The zero-order valence-electron chi connectivity index (χ0n) is 13.5. The lowest BCUT2D eigenvalue weighted by atomic mass is 9.95. The van der Waals surface area contributed by atoms with E-state index in [0.717, 1.165) is 29.7 Å². The second-order valence-electron chi connectivity index (χ2n) is 6.33. The molecule has 0 aromatic heterocycles. The monoisotopic (exact) mass is 312 g/mol. The number of rotatable bonds is 5. The topological polar surface area (TPSA) is 32.3 Å². The number of carbonyl (C=O) groups is 1. The molecule has 120 valence electrons. The zero-order chi connectivity index (χ0) is 16.4. The van der Waals surface area contributed by atoms with Gasteiger partial charge in [0, 0.05) is 26.3 Å². The fraction of sp³-hybridized carbons (Fsp3) is 0.316. The molecule has 3 nitrogen and oxygen atoms in total. The summed E-state index contributed by atoms with van der Waals surface area (Å²) >= 11 is 0.